The SMILES string of the molecule is COc1ccc(NC(=O)C2CCCN(Cc3ccccc3)C2)cc1OCC(C)C.O=C(O)/C=C/C(=O)O. The van der Waals surface area contributed by atoms with Gasteiger partial charge >= 0.3 is 11.9 Å². The van der Waals surface area contributed by atoms with Crippen LogP contribution in [0.3, 0.4) is 0 Å². The zero-order chi connectivity index (χ0) is 27.2. The van der Waals surface area contributed by atoms with E-state index in [1.54, 1.807) is 7.11 Å². The molecule has 1 saturated heterocycles. The van der Waals surface area contributed by atoms with E-state index in [1.807, 2.05) is 24.3 Å². The van der Waals surface area contributed by atoms with Gasteiger partial charge in [-0.15, -0.1) is 0 Å². The second-order valence-electron chi connectivity index (χ2n) is 9.13. The number of anilines is 1. The van der Waals surface area contributed by atoms with Gasteiger partial charge in [0.05, 0.1) is 19.6 Å². The van der Waals surface area contributed by atoms with E-state index in [1.165, 1.54) is 5.56 Å². The van der Waals surface area contributed by atoms with Crippen molar-refractivity contribution in [2.24, 2.45) is 11.8 Å². The average molecular weight is 513 g/mol. The molecule has 0 bridgehead atoms. The van der Waals surface area contributed by atoms with Crippen LogP contribution in [0.2, 0.25) is 0 Å². The van der Waals surface area contributed by atoms with Crippen LogP contribution in [-0.4, -0.2) is 59.8 Å². The number of nitrogens with one attached hydrogen (secondary N) is 1. The molecule has 200 valence electrons. The number of carbonyl (C=O) groups is 3. The Bertz CT molecular complexity index is 1040. The molecule has 0 saturated carbocycles. The van der Waals surface area contributed by atoms with Gasteiger partial charge in [-0.25, -0.2) is 9.59 Å². The third-order valence-electron chi connectivity index (χ3n) is 5.50. The maximum Gasteiger partial charge on any atom is 0.328 e. The van der Waals surface area contributed by atoms with Gasteiger partial charge in [-0.3, -0.25) is 9.69 Å². The summed E-state index contributed by atoms with van der Waals surface area (Å²) in [5.41, 5.74) is 2.03. The number of methoxy groups -OCH3 is 1. The fraction of sp³-hybridized carbons (Fsp3) is 0.393. The lowest BCUT2D eigenvalue weighted by Gasteiger charge is -2.32. The van der Waals surface area contributed by atoms with Crippen LogP contribution >= 0.6 is 0 Å². The number of nitrogens with zero attached hydrogens (tertiary/aromatic N) is 1. The van der Waals surface area contributed by atoms with E-state index in [0.29, 0.717) is 36.2 Å². The largest absolute Gasteiger partial charge is 0.493 e. The van der Waals surface area contributed by atoms with Gasteiger partial charge in [-0.05, 0) is 43.0 Å². The molecule has 2 aromatic carbocycles. The molecule has 1 aliphatic heterocycles. The second kappa shape index (κ2) is 15.3. The number of hydrogen-bond acceptors (Lipinski definition) is 6. The summed E-state index contributed by atoms with van der Waals surface area (Å²) in [6.45, 7) is 7.51. The fourth-order valence-corrected chi connectivity index (χ4v) is 3.77. The number of amides is 1. The Kier molecular flexibility index (Phi) is 12.2. The van der Waals surface area contributed by atoms with Gasteiger partial charge < -0.3 is 25.0 Å². The normalized spacial score (nSPS) is 15.5. The van der Waals surface area contributed by atoms with Crippen LogP contribution in [0, 0.1) is 11.8 Å². The minimum Gasteiger partial charge on any atom is -0.493 e. The van der Waals surface area contributed by atoms with Crippen molar-refractivity contribution in [1.82, 2.24) is 4.90 Å². The third-order valence-corrected chi connectivity index (χ3v) is 5.50. The molecule has 1 heterocycles. The maximum absolute atomic E-state index is 12.9. The Morgan fingerprint density at radius 3 is 2.32 bits per heavy atom. The summed E-state index contributed by atoms with van der Waals surface area (Å²) >= 11 is 0. The molecule has 3 rings (SSSR count). The molecule has 0 radical (unpaired) electrons. The standard InChI is InChI=1S/C24H32N2O3.C4H4O4/c1-18(2)17-29-23-14-21(11-12-22(23)28-3)25-24(27)20-10-7-13-26(16-20)15-19-8-5-4-6-9-19;5-3(6)1-2-4(7)8/h4-6,8-9,11-12,14,18,20H,7,10,13,15-17H2,1-3H3,(H,25,27);1-2H,(H,5,6)(H,7,8)/b;2-1+. The molecule has 37 heavy (non-hydrogen) atoms. The highest BCUT2D eigenvalue weighted by atomic mass is 16.5. The molecule has 2 aromatic rings. The molecular weight excluding hydrogens is 476 g/mol. The van der Waals surface area contributed by atoms with Crippen molar-refractivity contribution in [1.29, 1.82) is 0 Å². The van der Waals surface area contributed by atoms with Crippen molar-refractivity contribution < 1.29 is 34.1 Å². The minimum atomic E-state index is -1.26. The Balaban J connectivity index is 0.000000521. The average Bonchev–Trinajstić information content (AvgIpc) is 2.87. The third kappa shape index (κ3) is 11.2. The summed E-state index contributed by atoms with van der Waals surface area (Å²) < 4.78 is 11.2. The highest BCUT2D eigenvalue weighted by Gasteiger charge is 2.26. The number of ether oxygens (including phenoxy) is 2. The van der Waals surface area contributed by atoms with E-state index in [-0.39, 0.29) is 11.8 Å². The minimum absolute atomic E-state index is 0.00500. The number of hydrogen-bond donors (Lipinski definition) is 3. The molecule has 1 fully saturated rings. The smallest absolute Gasteiger partial charge is 0.328 e. The molecule has 9 heteroatoms. The molecule has 9 nitrogen and oxygen atoms in total. The Morgan fingerprint density at radius 1 is 1.05 bits per heavy atom. The number of likely N-dealkylation sites (tertiary alicyclic amines) is 1. The fourth-order valence-electron chi connectivity index (χ4n) is 3.77. The number of benzene rings is 2. The van der Waals surface area contributed by atoms with Gasteiger partial charge in [0.2, 0.25) is 5.91 Å². The van der Waals surface area contributed by atoms with Crippen LogP contribution < -0.4 is 14.8 Å². The number of carboxylic acids is 2. The first kappa shape index (κ1) is 29.4. The topological polar surface area (TPSA) is 125 Å². The van der Waals surface area contributed by atoms with Crippen LogP contribution in [-0.2, 0) is 20.9 Å². The highest BCUT2D eigenvalue weighted by molar-refractivity contribution is 5.93. The van der Waals surface area contributed by atoms with Gasteiger partial charge in [0.25, 0.3) is 0 Å². The summed E-state index contributed by atoms with van der Waals surface area (Å²) in [5.74, 6) is -0.698. The van der Waals surface area contributed by atoms with Gasteiger partial charge in [0.1, 0.15) is 0 Å². The van der Waals surface area contributed by atoms with Gasteiger partial charge in [-0.1, -0.05) is 44.2 Å². The van der Waals surface area contributed by atoms with E-state index in [4.69, 9.17) is 19.7 Å². The molecule has 0 spiro atoms. The first-order valence-electron chi connectivity index (χ1n) is 12.2. The monoisotopic (exact) mass is 512 g/mol. The Labute approximate surface area is 217 Å². The molecule has 1 amide bonds. The zero-order valence-electron chi connectivity index (χ0n) is 21.6. The number of aliphatic carboxylic acids is 2. The van der Waals surface area contributed by atoms with Crippen LogP contribution in [0.15, 0.2) is 60.7 Å². The number of piperidine rings is 1. The summed E-state index contributed by atoms with van der Waals surface area (Å²) in [4.78, 5) is 34.4. The molecule has 0 aliphatic carbocycles. The van der Waals surface area contributed by atoms with Crippen molar-refractivity contribution in [3.05, 3.63) is 66.2 Å². The first-order chi connectivity index (χ1) is 17.7. The van der Waals surface area contributed by atoms with Gasteiger partial charge in [0.15, 0.2) is 11.5 Å². The van der Waals surface area contributed by atoms with Crippen molar-refractivity contribution in [2.45, 2.75) is 33.2 Å². The van der Waals surface area contributed by atoms with Crippen LogP contribution in [0.5, 0.6) is 11.5 Å². The van der Waals surface area contributed by atoms with Crippen molar-refractivity contribution in [3.63, 3.8) is 0 Å². The lowest BCUT2D eigenvalue weighted by Crippen LogP contribution is -2.40. The number of rotatable bonds is 10. The molecule has 1 aliphatic rings. The lowest BCUT2D eigenvalue weighted by atomic mass is 9.96. The molecule has 3 N–H and O–H groups in total. The maximum atomic E-state index is 12.9. The first-order valence-corrected chi connectivity index (χ1v) is 12.2. The summed E-state index contributed by atoms with van der Waals surface area (Å²) in [7, 11) is 1.62. The highest BCUT2D eigenvalue weighted by Crippen LogP contribution is 2.31. The Morgan fingerprint density at radius 2 is 1.73 bits per heavy atom. The summed E-state index contributed by atoms with van der Waals surface area (Å²) in [5, 5.41) is 18.7. The summed E-state index contributed by atoms with van der Waals surface area (Å²) in [6, 6.07) is 16.0. The predicted molar refractivity (Wildman–Crippen MR) is 141 cm³/mol. The number of carbonyl (C=O) groups excluding carboxylic acids is 1. The zero-order valence-corrected chi connectivity index (χ0v) is 21.6. The lowest BCUT2D eigenvalue weighted by molar-refractivity contribution is -0.134. The van der Waals surface area contributed by atoms with Crippen molar-refractivity contribution in [2.75, 3.05) is 32.1 Å². The summed E-state index contributed by atoms with van der Waals surface area (Å²) in [6.07, 6.45) is 3.07. The molecular formula is C28H36N2O7. The van der Waals surface area contributed by atoms with Gasteiger partial charge in [-0.2, -0.15) is 0 Å². The predicted octanol–water partition coefficient (Wildman–Crippen LogP) is 4.29. The number of carboxylic acid groups (broad SMARTS) is 2. The van der Waals surface area contributed by atoms with Crippen LogP contribution in [0.25, 0.3) is 0 Å². The van der Waals surface area contributed by atoms with E-state index < -0.39 is 11.9 Å². The molecule has 1 atom stereocenters. The van der Waals surface area contributed by atoms with Crippen LogP contribution in [0.4, 0.5) is 5.69 Å². The van der Waals surface area contributed by atoms with E-state index >= 15 is 0 Å². The quantitative estimate of drug-likeness (QED) is 0.403. The van der Waals surface area contributed by atoms with E-state index in [0.717, 1.165) is 38.2 Å². The van der Waals surface area contributed by atoms with E-state index in [2.05, 4.69) is 48.3 Å². The van der Waals surface area contributed by atoms with Gasteiger partial charge in [0, 0.05) is 37.0 Å². The van der Waals surface area contributed by atoms with Crippen LogP contribution in [0.1, 0.15) is 32.3 Å². The van der Waals surface area contributed by atoms with E-state index in [9.17, 15) is 14.4 Å². The molecule has 0 aromatic heterocycles. The second-order valence-corrected chi connectivity index (χ2v) is 9.13. The van der Waals surface area contributed by atoms with Crippen molar-refractivity contribution >= 4 is 23.5 Å². The molecule has 1 unspecified atom stereocenters. The van der Waals surface area contributed by atoms with Crippen molar-refractivity contribution in [3.8, 4) is 11.5 Å². The Hall–Kier alpha value is -3.85.